The van der Waals surface area contributed by atoms with Crippen LogP contribution in [0, 0.1) is 0 Å². The number of carbonyl (C=O) groups excluding carboxylic acids is 1. The molecule has 0 bridgehead atoms. The van der Waals surface area contributed by atoms with E-state index in [1.54, 1.807) is 0 Å². The average Bonchev–Trinajstić information content (AvgIpc) is 2.40. The minimum Gasteiger partial charge on any atom is -0.450 e. The van der Waals surface area contributed by atoms with Crippen LogP contribution in [0.25, 0.3) is 0 Å². The summed E-state index contributed by atoms with van der Waals surface area (Å²) < 4.78 is 5.12. The largest absolute Gasteiger partial charge is 0.450 e. The molecule has 1 amide bonds. The number of nitrogens with one attached hydrogen (secondary N) is 2. The lowest BCUT2D eigenvalue weighted by Gasteiger charge is -2.43. The van der Waals surface area contributed by atoms with E-state index in [-0.39, 0.29) is 12.3 Å². The SMILES string of the molecule is CCOC(=O)N1CCNCC1N1CCNCC1. The molecule has 2 saturated heterocycles. The van der Waals surface area contributed by atoms with Crippen molar-refractivity contribution in [2.75, 3.05) is 52.4 Å². The van der Waals surface area contributed by atoms with Crippen LogP contribution in [0.3, 0.4) is 0 Å². The molecule has 2 heterocycles. The first-order valence-electron chi connectivity index (χ1n) is 6.42. The van der Waals surface area contributed by atoms with Gasteiger partial charge in [-0.05, 0) is 6.92 Å². The Morgan fingerprint density at radius 2 is 1.94 bits per heavy atom. The molecule has 2 rings (SSSR count). The number of hydrogen-bond donors (Lipinski definition) is 2. The van der Waals surface area contributed by atoms with Gasteiger partial charge in [-0.1, -0.05) is 0 Å². The lowest BCUT2D eigenvalue weighted by Crippen LogP contribution is -2.63. The summed E-state index contributed by atoms with van der Waals surface area (Å²) >= 11 is 0. The summed E-state index contributed by atoms with van der Waals surface area (Å²) in [5.41, 5.74) is 0. The summed E-state index contributed by atoms with van der Waals surface area (Å²) in [6.45, 7) is 8.66. The summed E-state index contributed by atoms with van der Waals surface area (Å²) in [6, 6.07) is 0. The third-order valence-electron chi connectivity index (χ3n) is 3.29. The maximum Gasteiger partial charge on any atom is 0.411 e. The van der Waals surface area contributed by atoms with Crippen LogP contribution in [0.4, 0.5) is 4.79 Å². The Labute approximate surface area is 102 Å². The molecular formula is C11H22N4O2. The number of rotatable bonds is 2. The fraction of sp³-hybridized carbons (Fsp3) is 0.909. The summed E-state index contributed by atoms with van der Waals surface area (Å²) in [4.78, 5) is 16.1. The maximum absolute atomic E-state index is 11.9. The van der Waals surface area contributed by atoms with Crippen LogP contribution in [0.5, 0.6) is 0 Å². The first-order valence-corrected chi connectivity index (χ1v) is 6.42. The molecule has 0 aromatic heterocycles. The van der Waals surface area contributed by atoms with Gasteiger partial charge in [0.05, 0.1) is 6.61 Å². The molecule has 0 radical (unpaired) electrons. The zero-order valence-corrected chi connectivity index (χ0v) is 10.4. The van der Waals surface area contributed by atoms with E-state index in [9.17, 15) is 4.79 Å². The van der Waals surface area contributed by atoms with E-state index in [1.807, 2.05) is 11.8 Å². The quantitative estimate of drug-likeness (QED) is 0.669. The molecule has 2 aliphatic rings. The maximum atomic E-state index is 11.9. The highest BCUT2D eigenvalue weighted by Gasteiger charge is 2.32. The standard InChI is InChI=1S/C11H22N4O2/c1-2-17-11(16)15-8-5-13-9-10(15)14-6-3-12-4-7-14/h10,12-13H,2-9H2,1H3. The monoisotopic (exact) mass is 242 g/mol. The van der Waals surface area contributed by atoms with Gasteiger partial charge in [0.2, 0.25) is 0 Å². The number of amides is 1. The molecule has 2 fully saturated rings. The van der Waals surface area contributed by atoms with Crippen LogP contribution in [0.2, 0.25) is 0 Å². The molecular weight excluding hydrogens is 220 g/mol. The lowest BCUT2D eigenvalue weighted by molar-refractivity contribution is 0.0109. The molecule has 0 spiro atoms. The van der Waals surface area contributed by atoms with Crippen LogP contribution in [0.15, 0.2) is 0 Å². The van der Waals surface area contributed by atoms with Crippen LogP contribution in [-0.2, 0) is 4.74 Å². The predicted molar refractivity (Wildman–Crippen MR) is 64.8 cm³/mol. The minimum absolute atomic E-state index is 0.143. The Morgan fingerprint density at radius 1 is 1.24 bits per heavy atom. The van der Waals surface area contributed by atoms with Crippen molar-refractivity contribution in [1.29, 1.82) is 0 Å². The highest BCUT2D eigenvalue weighted by atomic mass is 16.6. The summed E-state index contributed by atoms with van der Waals surface area (Å²) in [5, 5.41) is 6.67. The van der Waals surface area contributed by atoms with Crippen molar-refractivity contribution in [2.45, 2.75) is 13.1 Å². The van der Waals surface area contributed by atoms with Gasteiger partial charge in [-0.15, -0.1) is 0 Å². The number of hydrogen-bond acceptors (Lipinski definition) is 5. The van der Waals surface area contributed by atoms with Crippen molar-refractivity contribution in [3.05, 3.63) is 0 Å². The molecule has 2 N–H and O–H groups in total. The molecule has 0 aromatic rings. The van der Waals surface area contributed by atoms with Gasteiger partial charge in [-0.3, -0.25) is 9.80 Å². The first kappa shape index (κ1) is 12.6. The number of nitrogens with zero attached hydrogens (tertiary/aromatic N) is 2. The van der Waals surface area contributed by atoms with Crippen LogP contribution in [-0.4, -0.2) is 74.5 Å². The fourth-order valence-electron chi connectivity index (χ4n) is 2.42. The Balaban J connectivity index is 1.97. The predicted octanol–water partition coefficient (Wildman–Crippen LogP) is -0.721. The summed E-state index contributed by atoms with van der Waals surface area (Å²) in [7, 11) is 0. The van der Waals surface area contributed by atoms with Crippen LogP contribution >= 0.6 is 0 Å². The molecule has 0 aliphatic carbocycles. The van der Waals surface area contributed by atoms with Crippen molar-refractivity contribution < 1.29 is 9.53 Å². The smallest absolute Gasteiger partial charge is 0.411 e. The molecule has 6 heteroatoms. The van der Waals surface area contributed by atoms with Crippen LogP contribution < -0.4 is 10.6 Å². The van der Waals surface area contributed by atoms with E-state index in [1.165, 1.54) is 0 Å². The lowest BCUT2D eigenvalue weighted by atomic mass is 10.2. The zero-order valence-electron chi connectivity index (χ0n) is 10.4. The van der Waals surface area contributed by atoms with Gasteiger partial charge in [0.25, 0.3) is 0 Å². The van der Waals surface area contributed by atoms with Crippen molar-refractivity contribution >= 4 is 6.09 Å². The van der Waals surface area contributed by atoms with Crippen molar-refractivity contribution in [1.82, 2.24) is 20.4 Å². The fourth-order valence-corrected chi connectivity index (χ4v) is 2.42. The van der Waals surface area contributed by atoms with E-state index in [0.717, 1.165) is 45.8 Å². The topological polar surface area (TPSA) is 56.8 Å². The highest BCUT2D eigenvalue weighted by Crippen LogP contribution is 2.11. The van der Waals surface area contributed by atoms with Gasteiger partial charge < -0.3 is 15.4 Å². The van der Waals surface area contributed by atoms with E-state index in [0.29, 0.717) is 6.61 Å². The van der Waals surface area contributed by atoms with Crippen molar-refractivity contribution in [3.63, 3.8) is 0 Å². The molecule has 6 nitrogen and oxygen atoms in total. The van der Waals surface area contributed by atoms with E-state index in [2.05, 4.69) is 15.5 Å². The van der Waals surface area contributed by atoms with Crippen LogP contribution in [0.1, 0.15) is 6.92 Å². The highest BCUT2D eigenvalue weighted by molar-refractivity contribution is 5.68. The van der Waals surface area contributed by atoms with Gasteiger partial charge in [0.1, 0.15) is 6.17 Å². The number of carbonyl (C=O) groups is 1. The second-order valence-corrected chi connectivity index (χ2v) is 4.36. The third kappa shape index (κ3) is 3.08. The van der Waals surface area contributed by atoms with E-state index >= 15 is 0 Å². The first-order chi connectivity index (χ1) is 8.33. The van der Waals surface area contributed by atoms with Gasteiger partial charge in [-0.25, -0.2) is 4.79 Å². The molecule has 2 aliphatic heterocycles. The second-order valence-electron chi connectivity index (χ2n) is 4.36. The van der Waals surface area contributed by atoms with Gasteiger partial charge >= 0.3 is 6.09 Å². The van der Waals surface area contributed by atoms with E-state index < -0.39 is 0 Å². The molecule has 0 aromatic carbocycles. The summed E-state index contributed by atoms with van der Waals surface area (Å²) in [5.74, 6) is 0. The molecule has 1 atom stereocenters. The van der Waals surface area contributed by atoms with Gasteiger partial charge in [0, 0.05) is 45.8 Å². The molecule has 17 heavy (non-hydrogen) atoms. The minimum atomic E-state index is -0.183. The Morgan fingerprint density at radius 3 is 2.65 bits per heavy atom. The summed E-state index contributed by atoms with van der Waals surface area (Å²) in [6.07, 6.45) is -0.0394. The Hall–Kier alpha value is -0.850. The zero-order chi connectivity index (χ0) is 12.1. The van der Waals surface area contributed by atoms with E-state index in [4.69, 9.17) is 4.74 Å². The van der Waals surface area contributed by atoms with Gasteiger partial charge in [0.15, 0.2) is 0 Å². The van der Waals surface area contributed by atoms with Crippen molar-refractivity contribution in [2.24, 2.45) is 0 Å². The number of ether oxygens (including phenoxy) is 1. The Kier molecular flexibility index (Phi) is 4.58. The average molecular weight is 242 g/mol. The Bertz CT molecular complexity index is 256. The van der Waals surface area contributed by atoms with Crippen molar-refractivity contribution in [3.8, 4) is 0 Å². The van der Waals surface area contributed by atoms with Gasteiger partial charge in [-0.2, -0.15) is 0 Å². The second kappa shape index (κ2) is 6.18. The number of piperazine rings is 2. The molecule has 98 valence electrons. The normalized spacial score (nSPS) is 26.9. The third-order valence-corrected chi connectivity index (χ3v) is 3.29. The molecule has 0 saturated carbocycles. The molecule has 1 unspecified atom stereocenters.